The van der Waals surface area contributed by atoms with E-state index in [1.54, 1.807) is 7.11 Å². The smallest absolute Gasteiger partial charge is 0.338 e. The van der Waals surface area contributed by atoms with Crippen molar-refractivity contribution in [3.63, 3.8) is 0 Å². The van der Waals surface area contributed by atoms with Gasteiger partial charge >= 0.3 is 5.97 Å². The number of hydrogen-bond donors (Lipinski definition) is 2. The molecule has 0 saturated heterocycles. The van der Waals surface area contributed by atoms with Gasteiger partial charge in [0.25, 0.3) is 0 Å². The number of thiocarbonyl (C=S) groups is 1. The van der Waals surface area contributed by atoms with Crippen molar-refractivity contribution < 1.29 is 19.0 Å². The SMILES string of the molecule is CCOc1c(I)cc([C@H]2NC(=S)NC(C)=C2C(=O)OC(C)C)cc1OC. The van der Waals surface area contributed by atoms with E-state index in [0.29, 0.717) is 34.5 Å². The molecule has 1 aromatic carbocycles. The number of carbonyl (C=O) groups is 1. The van der Waals surface area contributed by atoms with Crippen molar-refractivity contribution in [1.29, 1.82) is 0 Å². The van der Waals surface area contributed by atoms with Crippen LogP contribution in [-0.4, -0.2) is 30.9 Å². The lowest BCUT2D eigenvalue weighted by Crippen LogP contribution is -2.45. The molecule has 142 valence electrons. The van der Waals surface area contributed by atoms with Crippen molar-refractivity contribution in [1.82, 2.24) is 10.6 Å². The van der Waals surface area contributed by atoms with Crippen molar-refractivity contribution in [2.75, 3.05) is 13.7 Å². The molecule has 0 unspecified atom stereocenters. The molecule has 0 aliphatic carbocycles. The number of esters is 1. The molecule has 1 atom stereocenters. The van der Waals surface area contributed by atoms with Gasteiger partial charge in [0.15, 0.2) is 16.6 Å². The summed E-state index contributed by atoms with van der Waals surface area (Å²) in [7, 11) is 1.59. The van der Waals surface area contributed by atoms with Crippen molar-refractivity contribution in [2.24, 2.45) is 0 Å². The van der Waals surface area contributed by atoms with Crippen LogP contribution >= 0.6 is 34.8 Å². The molecular formula is C18H23IN2O4S. The Labute approximate surface area is 172 Å². The first-order valence-corrected chi connectivity index (χ1v) is 9.76. The molecule has 8 heteroatoms. The average Bonchev–Trinajstić information content (AvgIpc) is 2.54. The van der Waals surface area contributed by atoms with Crippen LogP contribution in [0.5, 0.6) is 11.5 Å². The highest BCUT2D eigenvalue weighted by atomic mass is 127. The van der Waals surface area contributed by atoms with Crippen LogP contribution in [0.2, 0.25) is 0 Å². The standard InChI is InChI=1S/C18H23IN2O4S/c1-6-24-16-12(19)7-11(8-13(16)23-5)15-14(17(22)25-9(2)3)10(4)20-18(26)21-15/h7-9,15H,6H2,1-5H3,(H2,20,21,26)/t15-/m1/s1. The van der Waals surface area contributed by atoms with E-state index >= 15 is 0 Å². The van der Waals surface area contributed by atoms with Gasteiger partial charge in [0.05, 0.1) is 35.0 Å². The zero-order valence-corrected chi connectivity index (χ0v) is 18.4. The predicted octanol–water partition coefficient (Wildman–Crippen LogP) is 3.44. The van der Waals surface area contributed by atoms with Crippen LogP contribution < -0.4 is 20.1 Å². The summed E-state index contributed by atoms with van der Waals surface area (Å²) >= 11 is 7.48. The van der Waals surface area contributed by atoms with Gasteiger partial charge in [0.2, 0.25) is 0 Å². The highest BCUT2D eigenvalue weighted by Crippen LogP contribution is 2.38. The lowest BCUT2D eigenvalue weighted by atomic mass is 9.95. The van der Waals surface area contributed by atoms with Crippen LogP contribution in [-0.2, 0) is 9.53 Å². The predicted molar refractivity (Wildman–Crippen MR) is 112 cm³/mol. The molecule has 26 heavy (non-hydrogen) atoms. The van der Waals surface area contributed by atoms with Crippen molar-refractivity contribution in [3.8, 4) is 11.5 Å². The van der Waals surface area contributed by atoms with Crippen molar-refractivity contribution in [3.05, 3.63) is 32.5 Å². The van der Waals surface area contributed by atoms with E-state index in [1.165, 1.54) is 0 Å². The molecule has 0 radical (unpaired) electrons. The second-order valence-electron chi connectivity index (χ2n) is 5.99. The fourth-order valence-electron chi connectivity index (χ4n) is 2.68. The van der Waals surface area contributed by atoms with Crippen LogP contribution in [0.25, 0.3) is 0 Å². The summed E-state index contributed by atoms with van der Waals surface area (Å²) in [6.07, 6.45) is -0.215. The van der Waals surface area contributed by atoms with E-state index in [2.05, 4.69) is 33.2 Å². The van der Waals surface area contributed by atoms with Gasteiger partial charge in [-0.15, -0.1) is 0 Å². The summed E-state index contributed by atoms with van der Waals surface area (Å²) in [4.78, 5) is 12.7. The lowest BCUT2D eigenvalue weighted by molar-refractivity contribution is -0.143. The molecule has 1 heterocycles. The molecule has 1 aromatic rings. The second kappa shape index (κ2) is 8.90. The largest absolute Gasteiger partial charge is 0.493 e. The van der Waals surface area contributed by atoms with Crippen LogP contribution in [0.3, 0.4) is 0 Å². The lowest BCUT2D eigenvalue weighted by Gasteiger charge is -2.30. The number of allylic oxidation sites excluding steroid dienone is 1. The van der Waals surface area contributed by atoms with Crippen molar-refractivity contribution in [2.45, 2.75) is 39.8 Å². The molecule has 2 N–H and O–H groups in total. The Bertz CT molecular complexity index is 749. The van der Waals surface area contributed by atoms with Gasteiger partial charge in [0.1, 0.15) is 0 Å². The Balaban J connectivity index is 2.53. The minimum Gasteiger partial charge on any atom is -0.493 e. The number of carbonyl (C=O) groups excluding carboxylic acids is 1. The molecule has 2 rings (SSSR count). The number of benzene rings is 1. The number of hydrogen-bond acceptors (Lipinski definition) is 5. The zero-order valence-electron chi connectivity index (χ0n) is 15.4. The van der Waals surface area contributed by atoms with E-state index in [0.717, 1.165) is 9.13 Å². The minimum absolute atomic E-state index is 0.215. The number of ether oxygens (including phenoxy) is 3. The highest BCUT2D eigenvalue weighted by Gasteiger charge is 2.32. The molecule has 1 aliphatic rings. The van der Waals surface area contributed by atoms with E-state index in [4.69, 9.17) is 26.4 Å². The topological polar surface area (TPSA) is 68.8 Å². The molecule has 0 amide bonds. The number of rotatable bonds is 6. The summed E-state index contributed by atoms with van der Waals surface area (Å²) in [5.74, 6) is 0.907. The third-order valence-electron chi connectivity index (χ3n) is 3.71. The maximum absolute atomic E-state index is 12.7. The van der Waals surface area contributed by atoms with E-state index in [-0.39, 0.29) is 12.1 Å². The highest BCUT2D eigenvalue weighted by molar-refractivity contribution is 14.1. The normalized spacial score (nSPS) is 16.9. The Hall–Kier alpha value is -1.55. The molecule has 0 saturated carbocycles. The summed E-state index contributed by atoms with van der Waals surface area (Å²) in [6, 6.07) is 3.37. The van der Waals surface area contributed by atoms with E-state index in [1.807, 2.05) is 39.8 Å². The second-order valence-corrected chi connectivity index (χ2v) is 7.56. The molecular weight excluding hydrogens is 467 g/mol. The summed E-state index contributed by atoms with van der Waals surface area (Å²) in [5.41, 5.74) is 2.01. The van der Waals surface area contributed by atoms with Crippen molar-refractivity contribution >= 4 is 45.9 Å². The molecule has 0 aromatic heterocycles. The summed E-state index contributed by atoms with van der Waals surface area (Å²) in [6.45, 7) is 7.91. The van der Waals surface area contributed by atoms with Gasteiger partial charge in [0, 0.05) is 5.70 Å². The third kappa shape index (κ3) is 4.59. The van der Waals surface area contributed by atoms with E-state index in [9.17, 15) is 4.79 Å². The first-order valence-electron chi connectivity index (χ1n) is 8.27. The van der Waals surface area contributed by atoms with Gasteiger partial charge in [-0.3, -0.25) is 0 Å². The fraction of sp³-hybridized carbons (Fsp3) is 0.444. The number of halogens is 1. The maximum Gasteiger partial charge on any atom is 0.338 e. The maximum atomic E-state index is 12.7. The monoisotopic (exact) mass is 490 g/mol. The number of methoxy groups -OCH3 is 1. The first-order chi connectivity index (χ1) is 12.3. The van der Waals surface area contributed by atoms with Crippen LogP contribution in [0.15, 0.2) is 23.4 Å². The van der Waals surface area contributed by atoms with Crippen LogP contribution in [0, 0.1) is 3.57 Å². The van der Waals surface area contributed by atoms with Gasteiger partial charge in [-0.2, -0.15) is 0 Å². The molecule has 0 bridgehead atoms. The third-order valence-corrected chi connectivity index (χ3v) is 4.73. The molecule has 1 aliphatic heterocycles. The Morgan fingerprint density at radius 2 is 2.08 bits per heavy atom. The van der Waals surface area contributed by atoms with Gasteiger partial charge in [-0.25, -0.2) is 4.79 Å². The van der Waals surface area contributed by atoms with Crippen LogP contribution in [0.4, 0.5) is 0 Å². The zero-order chi connectivity index (χ0) is 19.4. The summed E-state index contributed by atoms with van der Waals surface area (Å²) in [5, 5.41) is 6.61. The quantitative estimate of drug-likeness (QED) is 0.360. The van der Waals surface area contributed by atoms with Gasteiger partial charge < -0.3 is 24.8 Å². The van der Waals surface area contributed by atoms with Crippen LogP contribution in [0.1, 0.15) is 39.3 Å². The van der Waals surface area contributed by atoms with Gasteiger partial charge in [-0.05, 0) is 80.2 Å². The van der Waals surface area contributed by atoms with E-state index < -0.39 is 6.04 Å². The minimum atomic E-state index is -0.437. The summed E-state index contributed by atoms with van der Waals surface area (Å²) < 4.78 is 17.5. The molecule has 6 nitrogen and oxygen atoms in total. The Kier molecular flexibility index (Phi) is 7.10. The Morgan fingerprint density at radius 3 is 2.65 bits per heavy atom. The first kappa shape index (κ1) is 20.8. The average molecular weight is 490 g/mol. The van der Waals surface area contributed by atoms with Gasteiger partial charge in [-0.1, -0.05) is 0 Å². The fourth-order valence-corrected chi connectivity index (χ4v) is 3.73. The Morgan fingerprint density at radius 1 is 1.38 bits per heavy atom. The number of nitrogens with one attached hydrogen (secondary N) is 2. The molecule has 0 spiro atoms. The molecule has 0 fully saturated rings.